The van der Waals surface area contributed by atoms with E-state index in [-0.39, 0.29) is 11.2 Å². The maximum Gasteiger partial charge on any atom is 0.297 e. The lowest BCUT2D eigenvalue weighted by atomic mass is 9.98. The van der Waals surface area contributed by atoms with Gasteiger partial charge in [0, 0.05) is 0 Å². The first-order valence-corrected chi connectivity index (χ1v) is 10.1. The molecule has 0 spiro atoms. The highest BCUT2D eigenvalue weighted by molar-refractivity contribution is 7.13. The largest absolute Gasteiger partial charge is 0.490 e. The summed E-state index contributed by atoms with van der Waals surface area (Å²) in [6.45, 7) is 4.02. The molecule has 0 radical (unpaired) electrons. The van der Waals surface area contributed by atoms with Crippen molar-refractivity contribution in [3.8, 4) is 5.75 Å². The zero-order valence-electron chi connectivity index (χ0n) is 15.6. The van der Waals surface area contributed by atoms with E-state index >= 15 is 0 Å². The molecule has 0 aliphatic carbocycles. The predicted molar refractivity (Wildman–Crippen MR) is 113 cm³/mol. The fraction of sp³-hybridized carbons (Fsp3) is 0.0909. The van der Waals surface area contributed by atoms with Gasteiger partial charge in [-0.25, -0.2) is 0 Å². The van der Waals surface area contributed by atoms with E-state index in [2.05, 4.69) is 16.8 Å². The topological polar surface area (TPSA) is 85.5 Å². The fourth-order valence-corrected chi connectivity index (χ4v) is 4.19. The van der Waals surface area contributed by atoms with Crippen molar-refractivity contribution >= 4 is 33.3 Å². The van der Waals surface area contributed by atoms with Crippen molar-refractivity contribution in [3.63, 3.8) is 0 Å². The molecule has 30 heavy (non-hydrogen) atoms. The van der Waals surface area contributed by atoms with Crippen LogP contribution in [0.2, 0.25) is 0 Å². The summed E-state index contributed by atoms with van der Waals surface area (Å²) in [5, 5.41) is 8.74. The molecule has 0 saturated carbocycles. The molecular weight excluding hydrogens is 402 g/mol. The van der Waals surface area contributed by atoms with Crippen molar-refractivity contribution < 1.29 is 13.9 Å². The summed E-state index contributed by atoms with van der Waals surface area (Å²) in [7, 11) is 0. The SMILES string of the molecule is C=CCOc1ccc(C2c3c(oc4ccccc4c3=O)C(=O)N2c2nncs2)cc1. The second-order valence-electron chi connectivity index (χ2n) is 6.64. The molecule has 1 aliphatic rings. The summed E-state index contributed by atoms with van der Waals surface area (Å²) >= 11 is 1.22. The lowest BCUT2D eigenvalue weighted by molar-refractivity contribution is 0.0970. The van der Waals surface area contributed by atoms with Crippen molar-refractivity contribution in [2.75, 3.05) is 11.5 Å². The van der Waals surface area contributed by atoms with Crippen molar-refractivity contribution in [1.29, 1.82) is 0 Å². The predicted octanol–water partition coefficient (Wildman–Crippen LogP) is 3.96. The molecule has 0 fully saturated rings. The van der Waals surface area contributed by atoms with Crippen LogP contribution in [0, 0.1) is 0 Å². The quantitative estimate of drug-likeness (QED) is 0.457. The zero-order valence-corrected chi connectivity index (χ0v) is 16.5. The van der Waals surface area contributed by atoms with Crippen molar-refractivity contribution in [1.82, 2.24) is 10.2 Å². The third kappa shape index (κ3) is 2.81. The second kappa shape index (κ2) is 7.23. The Morgan fingerprint density at radius 1 is 1.17 bits per heavy atom. The van der Waals surface area contributed by atoms with Gasteiger partial charge in [-0.2, -0.15) is 0 Å². The van der Waals surface area contributed by atoms with Crippen LogP contribution in [0.3, 0.4) is 0 Å². The molecule has 148 valence electrons. The average molecular weight is 417 g/mol. The molecule has 2 aromatic carbocycles. The number of carbonyl (C=O) groups is 1. The van der Waals surface area contributed by atoms with Gasteiger partial charge >= 0.3 is 0 Å². The highest BCUT2D eigenvalue weighted by atomic mass is 32.1. The Kier molecular flexibility index (Phi) is 4.40. The lowest BCUT2D eigenvalue weighted by Gasteiger charge is -2.22. The van der Waals surface area contributed by atoms with Crippen LogP contribution >= 0.6 is 11.3 Å². The molecule has 0 saturated heterocycles. The third-order valence-electron chi connectivity index (χ3n) is 4.90. The maximum atomic E-state index is 13.4. The molecule has 7 nitrogen and oxygen atoms in total. The van der Waals surface area contributed by atoms with Gasteiger partial charge in [0.15, 0.2) is 5.43 Å². The lowest BCUT2D eigenvalue weighted by Crippen LogP contribution is -2.29. The van der Waals surface area contributed by atoms with E-state index in [1.165, 1.54) is 16.2 Å². The number of rotatable bonds is 5. The first-order valence-electron chi connectivity index (χ1n) is 9.18. The summed E-state index contributed by atoms with van der Waals surface area (Å²) < 4.78 is 11.4. The Bertz CT molecular complexity index is 1310. The monoisotopic (exact) mass is 417 g/mol. The van der Waals surface area contributed by atoms with Gasteiger partial charge in [-0.05, 0) is 29.8 Å². The van der Waals surface area contributed by atoms with Gasteiger partial charge < -0.3 is 9.15 Å². The van der Waals surface area contributed by atoms with Crippen molar-refractivity contribution in [2.45, 2.75) is 6.04 Å². The number of para-hydroxylation sites is 1. The van der Waals surface area contributed by atoms with Gasteiger partial charge in [0.1, 0.15) is 23.4 Å². The zero-order chi connectivity index (χ0) is 20.7. The normalized spacial score (nSPS) is 15.4. The highest BCUT2D eigenvalue weighted by Crippen LogP contribution is 2.41. The molecule has 5 rings (SSSR count). The van der Waals surface area contributed by atoms with Crippen molar-refractivity contribution in [2.24, 2.45) is 0 Å². The Morgan fingerprint density at radius 2 is 1.97 bits per heavy atom. The van der Waals surface area contributed by atoms with Gasteiger partial charge in [-0.1, -0.05) is 48.3 Å². The van der Waals surface area contributed by atoms with E-state index in [0.29, 0.717) is 34.0 Å². The van der Waals surface area contributed by atoms with E-state index in [4.69, 9.17) is 9.15 Å². The van der Waals surface area contributed by atoms with Crippen LogP contribution in [0.1, 0.15) is 27.7 Å². The molecule has 2 aromatic heterocycles. The first kappa shape index (κ1) is 18.3. The number of hydrogen-bond donors (Lipinski definition) is 0. The molecule has 3 heterocycles. The van der Waals surface area contributed by atoms with Crippen LogP contribution < -0.4 is 15.1 Å². The van der Waals surface area contributed by atoms with Gasteiger partial charge in [0.25, 0.3) is 5.91 Å². The second-order valence-corrected chi connectivity index (χ2v) is 7.45. The van der Waals surface area contributed by atoms with Crippen LogP contribution in [-0.4, -0.2) is 22.7 Å². The molecule has 1 unspecified atom stereocenters. The van der Waals surface area contributed by atoms with Gasteiger partial charge in [-0.3, -0.25) is 14.5 Å². The van der Waals surface area contributed by atoms with Gasteiger partial charge in [-0.15, -0.1) is 10.2 Å². The minimum atomic E-state index is -0.672. The number of hydrogen-bond acceptors (Lipinski definition) is 7. The summed E-state index contributed by atoms with van der Waals surface area (Å²) in [6.07, 6.45) is 1.66. The molecule has 1 amide bonds. The van der Waals surface area contributed by atoms with E-state index in [0.717, 1.165) is 5.56 Å². The van der Waals surface area contributed by atoms with Crippen molar-refractivity contribution in [3.05, 3.63) is 93.8 Å². The molecule has 8 heteroatoms. The standard InChI is InChI=1S/C22H15N3O4S/c1-2-11-28-14-9-7-13(8-10-14)18-17-19(26)15-5-3-4-6-16(15)29-20(17)21(27)25(18)22-24-23-12-30-22/h2-10,12,18H,1,11H2. The minimum Gasteiger partial charge on any atom is -0.490 e. The Labute approximate surface area is 174 Å². The number of nitrogens with zero attached hydrogens (tertiary/aromatic N) is 3. The van der Waals surface area contributed by atoms with Crippen LogP contribution in [0.25, 0.3) is 11.0 Å². The van der Waals surface area contributed by atoms with E-state index < -0.39 is 11.9 Å². The number of ether oxygens (including phenoxy) is 1. The number of aromatic nitrogens is 2. The number of benzene rings is 2. The minimum absolute atomic E-state index is 0.0332. The maximum absolute atomic E-state index is 13.4. The number of fused-ring (bicyclic) bond motifs is 2. The van der Waals surface area contributed by atoms with Crippen LogP contribution in [0.4, 0.5) is 5.13 Å². The third-order valence-corrected chi connectivity index (χ3v) is 5.58. The number of anilines is 1. The molecule has 0 N–H and O–H groups in total. The van der Waals surface area contributed by atoms with Gasteiger partial charge in [0.05, 0.1) is 17.0 Å². The summed E-state index contributed by atoms with van der Waals surface area (Å²) in [5.41, 5.74) is 2.73. The van der Waals surface area contributed by atoms with Crippen LogP contribution in [-0.2, 0) is 0 Å². The summed E-state index contributed by atoms with van der Waals surface area (Å²) in [6, 6.07) is 13.5. The molecule has 1 aliphatic heterocycles. The number of carbonyl (C=O) groups excluding carboxylic acids is 1. The average Bonchev–Trinajstić information content (AvgIpc) is 3.40. The molecule has 4 aromatic rings. The van der Waals surface area contributed by atoms with E-state index in [1.807, 2.05) is 12.1 Å². The summed E-state index contributed by atoms with van der Waals surface area (Å²) in [4.78, 5) is 28.1. The van der Waals surface area contributed by atoms with E-state index in [9.17, 15) is 9.59 Å². The number of amides is 1. The first-order chi connectivity index (χ1) is 14.7. The van der Waals surface area contributed by atoms with Crippen LogP contribution in [0.15, 0.2) is 75.9 Å². The summed E-state index contributed by atoms with van der Waals surface area (Å²) in [5.74, 6) is 0.281. The molecule has 0 bridgehead atoms. The Morgan fingerprint density at radius 3 is 2.70 bits per heavy atom. The van der Waals surface area contributed by atoms with Crippen LogP contribution in [0.5, 0.6) is 5.75 Å². The fourth-order valence-electron chi connectivity index (χ4n) is 3.61. The highest BCUT2D eigenvalue weighted by Gasteiger charge is 2.44. The Balaban J connectivity index is 1.71. The molecule has 1 atom stereocenters. The van der Waals surface area contributed by atoms with E-state index in [1.54, 1.807) is 48.0 Å². The van der Waals surface area contributed by atoms with Gasteiger partial charge in [0.2, 0.25) is 10.9 Å². The smallest absolute Gasteiger partial charge is 0.297 e. The molecular formula is C22H15N3O4S. The Hall–Kier alpha value is -3.78.